The summed E-state index contributed by atoms with van der Waals surface area (Å²) < 4.78 is 0. The van der Waals surface area contributed by atoms with Gasteiger partial charge in [0.2, 0.25) is 5.78 Å². The molecular formula is C27H26NO7W-. The number of nitrogens with zero attached hydrogens (tertiary/aromatic N) is 1. The molecule has 0 amide bonds. The van der Waals surface area contributed by atoms with Gasteiger partial charge >= 0.3 is 0 Å². The number of aromatic hydroxyl groups is 1. The number of carbonyl (C=O) groups excluding carboxylic acids is 3. The minimum absolute atomic E-state index is 0. The Morgan fingerprint density at radius 3 is 2.44 bits per heavy atom. The van der Waals surface area contributed by atoms with Crippen LogP contribution in [0.5, 0.6) is 5.75 Å². The smallest absolute Gasteiger partial charge is 0.202 e. The molecule has 36 heavy (non-hydrogen) atoms. The molecule has 4 atom stereocenters. The Balaban J connectivity index is 0.00000304. The number of hydrogen-bond acceptors (Lipinski definition) is 8. The van der Waals surface area contributed by atoms with Crippen molar-refractivity contribution in [2.24, 2.45) is 11.8 Å². The van der Waals surface area contributed by atoms with E-state index >= 15 is 0 Å². The first-order chi connectivity index (χ1) is 16.4. The number of ketones is 3. The van der Waals surface area contributed by atoms with E-state index in [2.05, 4.69) is 6.07 Å². The van der Waals surface area contributed by atoms with Crippen LogP contribution in [-0.2, 0) is 41.9 Å². The molecule has 0 saturated heterocycles. The van der Waals surface area contributed by atoms with Crippen molar-refractivity contribution in [2.75, 3.05) is 14.1 Å². The quantitative estimate of drug-likeness (QED) is 0.285. The number of Topliss-reactive ketones (excluding diaryl/α,β-unsaturated/α-hetero) is 3. The fourth-order valence-electron chi connectivity index (χ4n) is 6.16. The van der Waals surface area contributed by atoms with Crippen molar-refractivity contribution in [3.05, 3.63) is 57.9 Å². The van der Waals surface area contributed by atoms with Crippen molar-refractivity contribution in [2.45, 2.75) is 38.3 Å². The molecule has 9 heteroatoms. The maximum atomic E-state index is 13.8. The standard InChI is InChI=1S/C27H26NO7.W/c1-11-5-6-13-8-14-9-15-10-17-21(28(3)4)24(32)18(12(2)29)25(33)27(17,35)26(34)20(15)23(31)19(14)22(30)16(13)7-11;/h6-8,15,17,21,30-31,33,35H,9-10H2,1-4H3;/q-1;/t15-,17-,21-,27+;/m0./s1. The summed E-state index contributed by atoms with van der Waals surface area (Å²) in [7, 11) is 3.21. The molecule has 0 bridgehead atoms. The predicted octanol–water partition coefficient (Wildman–Crippen LogP) is 2.33. The topological polar surface area (TPSA) is 135 Å². The van der Waals surface area contributed by atoms with Crippen LogP contribution < -0.4 is 0 Å². The molecule has 1 fully saturated rings. The third-order valence-electron chi connectivity index (χ3n) is 7.70. The number of benzene rings is 2. The molecule has 4 N–H and O–H groups in total. The van der Waals surface area contributed by atoms with E-state index < -0.39 is 57.9 Å². The van der Waals surface area contributed by atoms with Crippen LogP contribution in [0.2, 0.25) is 0 Å². The van der Waals surface area contributed by atoms with E-state index in [1.54, 1.807) is 26.2 Å². The average Bonchev–Trinajstić information content (AvgIpc) is 2.76. The van der Waals surface area contributed by atoms with Gasteiger partial charge in [0.25, 0.3) is 0 Å². The maximum Gasteiger partial charge on any atom is 0.202 e. The van der Waals surface area contributed by atoms with Crippen molar-refractivity contribution in [3.8, 4) is 5.75 Å². The molecule has 188 valence electrons. The average molecular weight is 660 g/mol. The zero-order chi connectivity index (χ0) is 25.6. The van der Waals surface area contributed by atoms with Crippen LogP contribution in [0.4, 0.5) is 0 Å². The van der Waals surface area contributed by atoms with Crippen LogP contribution in [0.1, 0.15) is 30.0 Å². The number of phenols is 1. The minimum Gasteiger partial charge on any atom is -0.509 e. The normalized spacial score (nSPS) is 27.6. The van der Waals surface area contributed by atoms with E-state index in [1.165, 1.54) is 4.90 Å². The van der Waals surface area contributed by atoms with Crippen LogP contribution in [0.15, 0.2) is 35.1 Å². The number of aryl methyl sites for hydroxylation is 1. The molecule has 0 aliphatic heterocycles. The van der Waals surface area contributed by atoms with E-state index in [-0.39, 0.29) is 50.8 Å². The molecule has 2 aromatic rings. The summed E-state index contributed by atoms with van der Waals surface area (Å²) in [5.41, 5.74) is -1.76. The van der Waals surface area contributed by atoms with Crippen molar-refractivity contribution < 1.29 is 55.9 Å². The molecule has 2 aromatic carbocycles. The van der Waals surface area contributed by atoms with E-state index in [0.29, 0.717) is 10.9 Å². The number of carbonyl (C=O) groups is 3. The van der Waals surface area contributed by atoms with Gasteiger partial charge in [-0.1, -0.05) is 12.3 Å². The van der Waals surface area contributed by atoms with Crippen molar-refractivity contribution in [3.63, 3.8) is 0 Å². The number of rotatable bonds is 2. The van der Waals surface area contributed by atoms with Gasteiger partial charge in [0.15, 0.2) is 17.2 Å². The van der Waals surface area contributed by atoms with Crippen molar-refractivity contribution in [1.29, 1.82) is 0 Å². The molecule has 1 saturated carbocycles. The molecular weight excluding hydrogens is 634 g/mol. The van der Waals surface area contributed by atoms with Gasteiger partial charge in [-0.3, -0.25) is 19.3 Å². The number of phenolic OH excluding ortho intramolecular Hbond substituents is 1. The van der Waals surface area contributed by atoms with Gasteiger partial charge in [0.05, 0.1) is 11.6 Å². The van der Waals surface area contributed by atoms with Crippen LogP contribution >= 0.6 is 0 Å². The summed E-state index contributed by atoms with van der Waals surface area (Å²) in [6, 6.07) is 7.38. The van der Waals surface area contributed by atoms with E-state index in [4.69, 9.17) is 0 Å². The van der Waals surface area contributed by atoms with Gasteiger partial charge in [-0.2, -0.15) is 23.8 Å². The first kappa shape index (κ1) is 26.3. The SMILES string of the molecule is CC(=O)C1=C(O)[C@@]2(O)C(=O)C3=C(O)c4c(cc5c[c-]c(C)cc5c4O)C[C@H]3C[C@H]2[C@H](N(C)C)C1=O.[W]. The third-order valence-corrected chi connectivity index (χ3v) is 7.70. The summed E-state index contributed by atoms with van der Waals surface area (Å²) in [5, 5.41) is 46.1. The second-order valence-corrected chi connectivity index (χ2v) is 10.0. The Bertz CT molecular complexity index is 1420. The Labute approximate surface area is 222 Å². The van der Waals surface area contributed by atoms with Gasteiger partial charge < -0.3 is 20.4 Å². The third kappa shape index (κ3) is 3.35. The Morgan fingerprint density at radius 1 is 1.17 bits per heavy atom. The van der Waals surface area contributed by atoms with Crippen LogP contribution in [-0.4, -0.2) is 68.4 Å². The van der Waals surface area contributed by atoms with Crippen LogP contribution in [0.25, 0.3) is 16.5 Å². The van der Waals surface area contributed by atoms with E-state index in [9.17, 15) is 34.8 Å². The van der Waals surface area contributed by atoms with Gasteiger partial charge in [-0.15, -0.1) is 11.5 Å². The predicted molar refractivity (Wildman–Crippen MR) is 127 cm³/mol. The molecule has 8 nitrogen and oxygen atoms in total. The number of aliphatic hydroxyl groups is 3. The summed E-state index contributed by atoms with van der Waals surface area (Å²) in [5.74, 6) is -5.59. The summed E-state index contributed by atoms with van der Waals surface area (Å²) in [6.07, 6.45) is 0.381. The van der Waals surface area contributed by atoms with Crippen LogP contribution in [0, 0.1) is 24.8 Å². The first-order valence-electron chi connectivity index (χ1n) is 11.4. The Kier molecular flexibility index (Phi) is 6.31. The number of aliphatic hydroxyl groups excluding tert-OH is 2. The molecule has 3 aliphatic carbocycles. The van der Waals surface area contributed by atoms with E-state index in [1.807, 2.05) is 13.0 Å². The first-order valence-corrected chi connectivity index (χ1v) is 11.4. The van der Waals surface area contributed by atoms with Crippen molar-refractivity contribution in [1.82, 2.24) is 4.90 Å². The molecule has 0 spiro atoms. The Hall–Kier alpha value is -2.80. The van der Waals surface area contributed by atoms with Crippen molar-refractivity contribution >= 4 is 33.9 Å². The van der Waals surface area contributed by atoms with Gasteiger partial charge in [-0.05, 0) is 45.3 Å². The fraction of sp³-hybridized carbons (Fsp3) is 0.370. The zero-order valence-corrected chi connectivity index (χ0v) is 23.2. The van der Waals surface area contributed by atoms with E-state index in [0.717, 1.165) is 17.9 Å². The number of fused-ring (bicyclic) bond motifs is 4. The molecule has 0 aromatic heterocycles. The Morgan fingerprint density at radius 2 is 1.83 bits per heavy atom. The summed E-state index contributed by atoms with van der Waals surface area (Å²) in [4.78, 5) is 40.8. The molecule has 3 aliphatic rings. The largest absolute Gasteiger partial charge is 0.509 e. The van der Waals surface area contributed by atoms with Gasteiger partial charge in [0.1, 0.15) is 22.8 Å². The molecule has 0 radical (unpaired) electrons. The summed E-state index contributed by atoms with van der Waals surface area (Å²) >= 11 is 0. The number of hydrogen-bond donors (Lipinski definition) is 4. The molecule has 0 heterocycles. The minimum atomic E-state index is -2.56. The van der Waals surface area contributed by atoms with Gasteiger partial charge in [-0.25, -0.2) is 0 Å². The summed E-state index contributed by atoms with van der Waals surface area (Å²) in [6.45, 7) is 2.91. The zero-order valence-electron chi connectivity index (χ0n) is 20.2. The maximum absolute atomic E-state index is 13.8. The molecule has 5 rings (SSSR count). The second kappa shape index (κ2) is 8.65. The molecule has 0 unspecified atom stereocenters. The van der Waals surface area contributed by atoms with Crippen LogP contribution in [0.3, 0.4) is 0 Å². The second-order valence-electron chi connectivity index (χ2n) is 10.0. The fourth-order valence-corrected chi connectivity index (χ4v) is 6.16. The monoisotopic (exact) mass is 660 g/mol. The number of likely N-dealkylation sites (N-methyl/N-ethyl adjacent to an activating group) is 1. The van der Waals surface area contributed by atoms with Gasteiger partial charge in [0, 0.05) is 32.6 Å².